The molecule has 1 aliphatic heterocycles. The van der Waals surface area contributed by atoms with E-state index in [1.165, 1.54) is 31.2 Å². The maximum Gasteiger partial charge on any atom is 0.195 e. The molecule has 0 atom stereocenters. The smallest absolute Gasteiger partial charge is 0.195 e. The minimum absolute atomic E-state index is 0. The second kappa shape index (κ2) is 9.95. The van der Waals surface area contributed by atoms with Gasteiger partial charge in [-0.25, -0.2) is 9.98 Å². The molecule has 5 nitrogen and oxygen atoms in total. The second-order valence-corrected chi connectivity index (χ2v) is 6.33. The highest BCUT2D eigenvalue weighted by Gasteiger charge is 2.11. The molecule has 0 aliphatic carbocycles. The van der Waals surface area contributed by atoms with Gasteiger partial charge in [-0.3, -0.25) is 0 Å². The first-order valence-corrected chi connectivity index (χ1v) is 8.17. The van der Waals surface area contributed by atoms with E-state index in [2.05, 4.69) is 22.0 Å². The van der Waals surface area contributed by atoms with Crippen LogP contribution in [0.2, 0.25) is 0 Å². The Balaban J connectivity index is 0.00000264. The topological polar surface area (TPSA) is 35.0 Å². The maximum atomic E-state index is 4.72. The summed E-state index contributed by atoms with van der Waals surface area (Å²) in [6.07, 6.45) is 7.14. The van der Waals surface area contributed by atoms with Gasteiger partial charge in [-0.05, 0) is 30.5 Å². The zero-order chi connectivity index (χ0) is 15.9. The van der Waals surface area contributed by atoms with E-state index in [-0.39, 0.29) is 24.0 Å². The van der Waals surface area contributed by atoms with Gasteiger partial charge < -0.3 is 14.7 Å². The van der Waals surface area contributed by atoms with Gasteiger partial charge in [0.05, 0.1) is 6.54 Å². The Hall–Kier alpha value is -1.05. The largest absolute Gasteiger partial charge is 0.357 e. The standard InChI is InChI=1S/C17H29N5.HI/c1-20(2)17(21(3)4)19-14-15-9-10-18-16(13-15)22-11-7-5-6-8-12-22;/h9-10,13H,5-8,11-12,14H2,1-4H3;1H. The predicted octanol–water partition coefficient (Wildman–Crippen LogP) is 3.06. The van der Waals surface area contributed by atoms with Gasteiger partial charge in [0.15, 0.2) is 5.96 Å². The lowest BCUT2D eigenvalue weighted by molar-refractivity contribution is 0.479. The van der Waals surface area contributed by atoms with Crippen LogP contribution in [-0.4, -0.2) is 62.0 Å². The average Bonchev–Trinajstić information content (AvgIpc) is 2.76. The number of anilines is 1. The lowest BCUT2D eigenvalue weighted by atomic mass is 10.2. The Kier molecular flexibility index (Phi) is 8.65. The van der Waals surface area contributed by atoms with Gasteiger partial charge in [-0.15, -0.1) is 24.0 Å². The van der Waals surface area contributed by atoms with Crippen LogP contribution in [-0.2, 0) is 6.54 Å². The molecular formula is C17H30IN5. The third kappa shape index (κ3) is 6.16. The van der Waals surface area contributed by atoms with Gasteiger partial charge in [0.25, 0.3) is 0 Å². The van der Waals surface area contributed by atoms with Gasteiger partial charge >= 0.3 is 0 Å². The van der Waals surface area contributed by atoms with Gasteiger partial charge in [-0.1, -0.05) is 12.8 Å². The number of aliphatic imine (C=N–C) groups is 1. The van der Waals surface area contributed by atoms with Crippen molar-refractivity contribution in [3.8, 4) is 0 Å². The highest BCUT2D eigenvalue weighted by atomic mass is 127. The number of guanidine groups is 1. The second-order valence-electron chi connectivity index (χ2n) is 6.33. The fourth-order valence-electron chi connectivity index (χ4n) is 2.88. The van der Waals surface area contributed by atoms with Crippen molar-refractivity contribution in [2.45, 2.75) is 32.2 Å². The summed E-state index contributed by atoms with van der Waals surface area (Å²) in [5, 5.41) is 0. The Morgan fingerprint density at radius 2 is 1.70 bits per heavy atom. The van der Waals surface area contributed by atoms with E-state index in [9.17, 15) is 0 Å². The van der Waals surface area contributed by atoms with Gasteiger partial charge in [0, 0.05) is 47.5 Å². The number of rotatable bonds is 3. The lowest BCUT2D eigenvalue weighted by Crippen LogP contribution is -2.35. The number of hydrogen-bond donors (Lipinski definition) is 0. The molecule has 23 heavy (non-hydrogen) atoms. The molecule has 2 heterocycles. The Bertz CT molecular complexity index is 484. The molecule has 0 aromatic carbocycles. The first kappa shape index (κ1) is 20.0. The maximum absolute atomic E-state index is 4.72. The molecule has 0 radical (unpaired) electrons. The van der Waals surface area contributed by atoms with Crippen molar-refractivity contribution in [1.29, 1.82) is 0 Å². The molecule has 0 N–H and O–H groups in total. The van der Waals surface area contributed by atoms with Crippen LogP contribution in [0.25, 0.3) is 0 Å². The van der Waals surface area contributed by atoms with E-state index in [0.717, 1.165) is 24.9 Å². The van der Waals surface area contributed by atoms with Crippen molar-refractivity contribution in [3.05, 3.63) is 23.9 Å². The molecule has 1 saturated heterocycles. The molecule has 0 spiro atoms. The van der Waals surface area contributed by atoms with E-state index in [1.807, 2.05) is 44.2 Å². The molecule has 1 aliphatic rings. The zero-order valence-electron chi connectivity index (χ0n) is 14.8. The summed E-state index contributed by atoms with van der Waals surface area (Å²) < 4.78 is 0. The van der Waals surface area contributed by atoms with Crippen molar-refractivity contribution >= 4 is 35.8 Å². The van der Waals surface area contributed by atoms with Crippen LogP contribution in [0.15, 0.2) is 23.3 Å². The average molecular weight is 431 g/mol. The summed E-state index contributed by atoms with van der Waals surface area (Å²) in [5.41, 5.74) is 1.22. The molecule has 130 valence electrons. The van der Waals surface area contributed by atoms with Gasteiger partial charge in [-0.2, -0.15) is 0 Å². The van der Waals surface area contributed by atoms with Crippen LogP contribution in [0.5, 0.6) is 0 Å². The number of hydrogen-bond acceptors (Lipinski definition) is 3. The fourth-order valence-corrected chi connectivity index (χ4v) is 2.88. The monoisotopic (exact) mass is 431 g/mol. The quantitative estimate of drug-likeness (QED) is 0.419. The van der Waals surface area contributed by atoms with Gasteiger partial charge in [0.2, 0.25) is 0 Å². The van der Waals surface area contributed by atoms with Crippen LogP contribution < -0.4 is 4.90 Å². The molecule has 0 saturated carbocycles. The molecular weight excluding hydrogens is 401 g/mol. The van der Waals surface area contributed by atoms with Crippen molar-refractivity contribution in [2.24, 2.45) is 4.99 Å². The molecule has 6 heteroatoms. The van der Waals surface area contributed by atoms with Gasteiger partial charge in [0.1, 0.15) is 5.82 Å². The van der Waals surface area contributed by atoms with Crippen LogP contribution >= 0.6 is 24.0 Å². The lowest BCUT2D eigenvalue weighted by Gasteiger charge is -2.23. The molecule has 0 unspecified atom stereocenters. The number of pyridine rings is 1. The Morgan fingerprint density at radius 1 is 1.09 bits per heavy atom. The Labute approximate surface area is 157 Å². The third-order valence-electron chi connectivity index (χ3n) is 3.94. The minimum atomic E-state index is 0. The first-order chi connectivity index (χ1) is 10.6. The number of aromatic nitrogens is 1. The molecule has 0 bridgehead atoms. The summed E-state index contributed by atoms with van der Waals surface area (Å²) in [6, 6.07) is 4.26. The molecule has 1 aromatic rings. The summed E-state index contributed by atoms with van der Waals surface area (Å²) >= 11 is 0. The summed E-state index contributed by atoms with van der Waals surface area (Å²) in [6.45, 7) is 2.94. The van der Waals surface area contributed by atoms with Crippen molar-refractivity contribution in [2.75, 3.05) is 46.2 Å². The van der Waals surface area contributed by atoms with Crippen LogP contribution in [0.1, 0.15) is 31.2 Å². The normalized spacial score (nSPS) is 14.5. The van der Waals surface area contributed by atoms with E-state index >= 15 is 0 Å². The van der Waals surface area contributed by atoms with Crippen LogP contribution in [0.3, 0.4) is 0 Å². The summed E-state index contributed by atoms with van der Waals surface area (Å²) in [7, 11) is 8.09. The van der Waals surface area contributed by atoms with Crippen LogP contribution in [0.4, 0.5) is 5.82 Å². The minimum Gasteiger partial charge on any atom is -0.357 e. The van der Waals surface area contributed by atoms with Crippen molar-refractivity contribution in [3.63, 3.8) is 0 Å². The highest BCUT2D eigenvalue weighted by Crippen LogP contribution is 2.18. The zero-order valence-corrected chi connectivity index (χ0v) is 17.2. The fraction of sp³-hybridized carbons (Fsp3) is 0.647. The number of nitrogens with zero attached hydrogens (tertiary/aromatic N) is 5. The number of halogens is 1. The van der Waals surface area contributed by atoms with Crippen molar-refractivity contribution < 1.29 is 0 Å². The van der Waals surface area contributed by atoms with E-state index in [1.54, 1.807) is 0 Å². The Morgan fingerprint density at radius 3 is 2.26 bits per heavy atom. The van der Waals surface area contributed by atoms with Crippen LogP contribution in [0, 0.1) is 0 Å². The summed E-state index contributed by atoms with van der Waals surface area (Å²) in [4.78, 5) is 15.8. The summed E-state index contributed by atoms with van der Waals surface area (Å²) in [5.74, 6) is 2.08. The predicted molar refractivity (Wildman–Crippen MR) is 109 cm³/mol. The third-order valence-corrected chi connectivity index (χ3v) is 3.94. The van der Waals surface area contributed by atoms with E-state index in [4.69, 9.17) is 4.99 Å². The van der Waals surface area contributed by atoms with E-state index < -0.39 is 0 Å². The SMILES string of the molecule is CN(C)C(=NCc1ccnc(N2CCCCCC2)c1)N(C)C.I. The van der Waals surface area contributed by atoms with E-state index in [0.29, 0.717) is 6.54 Å². The first-order valence-electron chi connectivity index (χ1n) is 8.17. The highest BCUT2D eigenvalue weighted by molar-refractivity contribution is 14.0. The molecule has 1 aromatic heterocycles. The molecule has 1 fully saturated rings. The molecule has 0 amide bonds. The molecule has 2 rings (SSSR count). The van der Waals surface area contributed by atoms with Crippen molar-refractivity contribution in [1.82, 2.24) is 14.8 Å².